The Labute approximate surface area is 171 Å². The van der Waals surface area contributed by atoms with E-state index >= 15 is 0 Å². The van der Waals surface area contributed by atoms with Crippen LogP contribution in [0.4, 0.5) is 10.7 Å². The summed E-state index contributed by atoms with van der Waals surface area (Å²) in [5, 5.41) is 0. The fourth-order valence-corrected chi connectivity index (χ4v) is 4.11. The van der Waals surface area contributed by atoms with Crippen LogP contribution in [0, 0.1) is 5.92 Å². The Morgan fingerprint density at radius 1 is 1.30 bits per heavy atom. The quantitative estimate of drug-likeness (QED) is 0.485. The van der Waals surface area contributed by atoms with Gasteiger partial charge < -0.3 is 30.4 Å². The molecule has 5 atom stereocenters. The van der Waals surface area contributed by atoms with Gasteiger partial charge in [0, 0.05) is 0 Å². The molecule has 0 bridgehead atoms. The van der Waals surface area contributed by atoms with E-state index in [0.29, 0.717) is 11.3 Å². The molecule has 162 valence electrons. The predicted molar refractivity (Wildman–Crippen MR) is 102 cm³/mol. The molecule has 0 aromatic carbocycles. The number of fused-ring (bicyclic) bond motifs is 2. The van der Waals surface area contributed by atoms with Gasteiger partial charge in [0.15, 0.2) is 24.1 Å². The van der Waals surface area contributed by atoms with Crippen molar-refractivity contribution in [2.24, 2.45) is 11.7 Å². The zero-order valence-corrected chi connectivity index (χ0v) is 16.7. The molecule has 2 aliphatic heterocycles. The van der Waals surface area contributed by atoms with Crippen LogP contribution in [0.2, 0.25) is 0 Å². The Morgan fingerprint density at radius 3 is 2.70 bits per heavy atom. The number of hydrogen-bond donors (Lipinski definition) is 3. The molecule has 0 saturated carbocycles. The van der Waals surface area contributed by atoms with E-state index < -0.39 is 53.1 Å². The molecule has 2 aliphatic rings. The van der Waals surface area contributed by atoms with Crippen LogP contribution in [0.15, 0.2) is 9.59 Å². The first-order chi connectivity index (χ1) is 14.2. The largest absolute Gasteiger partial charge is 0.509 e. The Hall–Kier alpha value is -2.97. The molecule has 1 unspecified atom stereocenters. The number of aromatic nitrogens is 3. The summed E-state index contributed by atoms with van der Waals surface area (Å²) in [6.07, 6.45) is -4.98. The van der Waals surface area contributed by atoms with E-state index in [2.05, 4.69) is 9.97 Å². The lowest BCUT2D eigenvalue weighted by molar-refractivity contribution is -0.153. The minimum absolute atomic E-state index is 0.0163. The standard InChI is InChI=1S/C16H19N5O8S/c1-4(2)6(17)13(23)26-3-5-7-8(29-16(25)28-7)12(27-5)21-10-9(30-15(21)24)11(22)20-14(18)19-10/h4-8,12H,3,17H2,1-2H3,(H3,18,19,20,22)/t5-,6+,7?,8-,12-/m1/s1. The van der Waals surface area contributed by atoms with Crippen LogP contribution < -0.4 is 21.9 Å². The highest BCUT2D eigenvalue weighted by Crippen LogP contribution is 2.38. The maximum Gasteiger partial charge on any atom is 0.509 e. The van der Waals surface area contributed by atoms with Gasteiger partial charge in [-0.15, -0.1) is 0 Å². The minimum atomic E-state index is -1.15. The van der Waals surface area contributed by atoms with E-state index in [9.17, 15) is 19.2 Å². The van der Waals surface area contributed by atoms with E-state index in [1.54, 1.807) is 13.8 Å². The van der Waals surface area contributed by atoms with E-state index in [0.717, 1.165) is 4.57 Å². The monoisotopic (exact) mass is 441 g/mol. The summed E-state index contributed by atoms with van der Waals surface area (Å²) < 4.78 is 22.4. The number of nitrogens with two attached hydrogens (primary N) is 2. The summed E-state index contributed by atoms with van der Waals surface area (Å²) in [4.78, 5) is 54.2. The zero-order valence-electron chi connectivity index (χ0n) is 15.9. The average molecular weight is 441 g/mol. The van der Waals surface area contributed by atoms with Crippen molar-refractivity contribution in [3.63, 3.8) is 0 Å². The smallest absolute Gasteiger partial charge is 0.462 e. The Kier molecular flexibility index (Phi) is 4.99. The van der Waals surface area contributed by atoms with Gasteiger partial charge in [0.25, 0.3) is 5.56 Å². The first kappa shape index (κ1) is 20.3. The number of thiazole rings is 1. The fourth-order valence-electron chi connectivity index (χ4n) is 3.27. The zero-order chi connectivity index (χ0) is 21.7. The summed E-state index contributed by atoms with van der Waals surface area (Å²) in [5.74, 6) is -0.972. The number of aromatic amines is 1. The number of carbonyl (C=O) groups is 2. The van der Waals surface area contributed by atoms with Crippen molar-refractivity contribution in [1.29, 1.82) is 0 Å². The second-order valence-corrected chi connectivity index (χ2v) is 8.18. The van der Waals surface area contributed by atoms with Gasteiger partial charge in [-0.1, -0.05) is 25.2 Å². The molecule has 2 saturated heterocycles. The van der Waals surface area contributed by atoms with Crippen molar-refractivity contribution in [1.82, 2.24) is 14.5 Å². The molecule has 0 amide bonds. The van der Waals surface area contributed by atoms with Crippen LogP contribution >= 0.6 is 11.3 Å². The minimum Gasteiger partial charge on any atom is -0.462 e. The number of nitrogens with one attached hydrogen (secondary N) is 1. The predicted octanol–water partition coefficient (Wildman–Crippen LogP) is -0.944. The van der Waals surface area contributed by atoms with Crippen molar-refractivity contribution in [2.75, 3.05) is 12.3 Å². The molecule has 13 nitrogen and oxygen atoms in total. The lowest BCUT2D eigenvalue weighted by atomic mass is 10.1. The topological polar surface area (TPSA) is 191 Å². The first-order valence-electron chi connectivity index (χ1n) is 9.03. The molecule has 0 radical (unpaired) electrons. The molecule has 14 heteroatoms. The average Bonchev–Trinajstić information content (AvgIpc) is 3.30. The highest BCUT2D eigenvalue weighted by atomic mass is 32.1. The molecule has 4 heterocycles. The molecule has 0 spiro atoms. The molecule has 4 rings (SSSR count). The van der Waals surface area contributed by atoms with Gasteiger partial charge in [0.2, 0.25) is 5.95 Å². The number of nitrogen functional groups attached to an aromatic ring is 1. The van der Waals surface area contributed by atoms with Crippen molar-refractivity contribution in [3.05, 3.63) is 20.0 Å². The molecule has 30 heavy (non-hydrogen) atoms. The summed E-state index contributed by atoms with van der Waals surface area (Å²) in [7, 11) is 0. The van der Waals surface area contributed by atoms with Crippen LogP contribution in [-0.2, 0) is 23.7 Å². The Morgan fingerprint density at radius 2 is 2.00 bits per heavy atom. The molecule has 0 aliphatic carbocycles. The van der Waals surface area contributed by atoms with Gasteiger partial charge in [0.05, 0.1) is 0 Å². The molecular weight excluding hydrogens is 422 g/mol. The lowest BCUT2D eigenvalue weighted by Gasteiger charge is -2.19. The number of anilines is 1. The number of carbonyl (C=O) groups excluding carboxylic acids is 2. The number of hydrogen-bond acceptors (Lipinski definition) is 12. The number of esters is 1. The fraction of sp³-hybridized carbons (Fsp3) is 0.562. The highest BCUT2D eigenvalue weighted by molar-refractivity contribution is 7.16. The number of H-pyrrole nitrogens is 1. The summed E-state index contributed by atoms with van der Waals surface area (Å²) in [6, 6.07) is -0.831. The Bertz CT molecular complexity index is 1120. The maximum atomic E-state index is 12.6. The van der Waals surface area contributed by atoms with Gasteiger partial charge in [-0.25, -0.2) is 4.79 Å². The second-order valence-electron chi connectivity index (χ2n) is 7.22. The third kappa shape index (κ3) is 3.32. The third-order valence-electron chi connectivity index (χ3n) is 4.88. The number of nitrogens with zero attached hydrogens (tertiary/aromatic N) is 2. The summed E-state index contributed by atoms with van der Waals surface area (Å²) in [6.45, 7) is 3.26. The van der Waals surface area contributed by atoms with E-state index in [-0.39, 0.29) is 28.8 Å². The van der Waals surface area contributed by atoms with Crippen molar-refractivity contribution < 1.29 is 28.5 Å². The summed E-state index contributed by atoms with van der Waals surface area (Å²) in [5.41, 5.74) is 10.8. The molecule has 2 aromatic rings. The second kappa shape index (κ2) is 7.37. The molecule has 2 fully saturated rings. The van der Waals surface area contributed by atoms with Gasteiger partial charge in [-0.05, 0) is 5.92 Å². The number of ether oxygens (including phenoxy) is 4. The summed E-state index contributed by atoms with van der Waals surface area (Å²) >= 11 is 0.645. The van der Waals surface area contributed by atoms with Crippen molar-refractivity contribution in [3.8, 4) is 0 Å². The van der Waals surface area contributed by atoms with Crippen LogP contribution in [0.1, 0.15) is 20.1 Å². The third-order valence-corrected chi connectivity index (χ3v) is 5.82. The van der Waals surface area contributed by atoms with Gasteiger partial charge in [-0.3, -0.25) is 23.9 Å². The maximum absolute atomic E-state index is 12.6. The van der Waals surface area contributed by atoms with Crippen LogP contribution in [-0.4, -0.2) is 57.6 Å². The molecule has 5 N–H and O–H groups in total. The van der Waals surface area contributed by atoms with E-state index in [4.69, 9.17) is 30.4 Å². The van der Waals surface area contributed by atoms with Gasteiger partial charge in [-0.2, -0.15) is 4.98 Å². The molecule has 2 aromatic heterocycles. The normalized spacial score (nSPS) is 26.5. The lowest BCUT2D eigenvalue weighted by Crippen LogP contribution is -2.40. The van der Waals surface area contributed by atoms with Gasteiger partial charge >= 0.3 is 17.0 Å². The number of rotatable bonds is 5. The van der Waals surface area contributed by atoms with Gasteiger partial charge in [0.1, 0.15) is 23.5 Å². The van der Waals surface area contributed by atoms with Crippen molar-refractivity contribution >= 4 is 39.8 Å². The van der Waals surface area contributed by atoms with Crippen LogP contribution in [0.5, 0.6) is 0 Å². The SMILES string of the molecule is CC(C)[C@H](N)C(=O)OC[C@H]1O[C@@H](n2c(=O)sc3c(=O)[nH]c(N)nc32)[C@@H]2OC(=O)OC21. The van der Waals surface area contributed by atoms with Crippen LogP contribution in [0.3, 0.4) is 0 Å². The van der Waals surface area contributed by atoms with E-state index in [1.807, 2.05) is 0 Å². The van der Waals surface area contributed by atoms with Crippen LogP contribution in [0.25, 0.3) is 10.3 Å². The highest BCUT2D eigenvalue weighted by Gasteiger charge is 2.56. The Balaban J connectivity index is 1.64. The molecular formula is C16H19N5O8S. The first-order valence-corrected chi connectivity index (χ1v) is 9.84. The van der Waals surface area contributed by atoms with E-state index in [1.165, 1.54) is 0 Å². The van der Waals surface area contributed by atoms with Crippen molar-refractivity contribution in [2.45, 2.75) is 44.4 Å².